The Bertz CT molecular complexity index is 689. The second-order valence-electron chi connectivity index (χ2n) is 8.00. The zero-order chi connectivity index (χ0) is 22.4. The lowest BCUT2D eigenvalue weighted by molar-refractivity contribution is -0.161. The Hall–Kier alpha value is -2.21. The number of hydrogen-bond donors (Lipinski definition) is 2. The van der Waals surface area contributed by atoms with Crippen LogP contribution in [0.2, 0.25) is 0 Å². The molecule has 0 radical (unpaired) electrons. The number of rotatable bonds is 9. The van der Waals surface area contributed by atoms with Gasteiger partial charge in [0.15, 0.2) is 12.5 Å². The fraction of sp³-hybridized carbons (Fsp3) is 0.750. The summed E-state index contributed by atoms with van der Waals surface area (Å²) < 4.78 is 16.5. The van der Waals surface area contributed by atoms with Gasteiger partial charge >= 0.3 is 12.0 Å². The molecule has 3 aliphatic heterocycles. The third kappa shape index (κ3) is 5.94. The molecule has 4 unspecified atom stereocenters. The van der Waals surface area contributed by atoms with E-state index in [1.54, 1.807) is 24.2 Å². The predicted molar refractivity (Wildman–Crippen MR) is 110 cm³/mol. The van der Waals surface area contributed by atoms with Crippen LogP contribution in [-0.2, 0) is 23.8 Å². The van der Waals surface area contributed by atoms with Crippen molar-refractivity contribution in [2.24, 2.45) is 11.5 Å². The number of nitrogens with two attached hydrogens (primary N) is 2. The summed E-state index contributed by atoms with van der Waals surface area (Å²) in [5.74, 6) is -0.333. The van der Waals surface area contributed by atoms with Crippen LogP contribution in [0.4, 0.5) is 4.79 Å². The highest BCUT2D eigenvalue weighted by Crippen LogP contribution is 2.23. The first-order valence-electron chi connectivity index (χ1n) is 10.8. The van der Waals surface area contributed by atoms with Gasteiger partial charge in [0.2, 0.25) is 5.91 Å². The maximum absolute atomic E-state index is 12.4. The molecular weight excluding hydrogens is 406 g/mol. The number of carbonyl (C=O) groups excluding carboxylic acids is 3. The zero-order valence-corrected chi connectivity index (χ0v) is 18.0. The van der Waals surface area contributed by atoms with E-state index in [2.05, 4.69) is 0 Å². The van der Waals surface area contributed by atoms with Gasteiger partial charge in [0, 0.05) is 32.3 Å². The Morgan fingerprint density at radius 1 is 1.32 bits per heavy atom. The molecule has 0 aromatic heterocycles. The summed E-state index contributed by atoms with van der Waals surface area (Å²) in [5.41, 5.74) is 11.3. The van der Waals surface area contributed by atoms with Gasteiger partial charge in [-0.2, -0.15) is 0 Å². The van der Waals surface area contributed by atoms with Crippen molar-refractivity contribution in [3.63, 3.8) is 0 Å². The van der Waals surface area contributed by atoms with Crippen molar-refractivity contribution in [2.45, 2.75) is 63.3 Å². The lowest BCUT2D eigenvalue weighted by atomic mass is 10.1. The molecule has 11 heteroatoms. The van der Waals surface area contributed by atoms with Gasteiger partial charge in [0.05, 0.1) is 13.0 Å². The van der Waals surface area contributed by atoms with Gasteiger partial charge in [-0.25, -0.2) is 4.79 Å². The average molecular weight is 440 g/mol. The summed E-state index contributed by atoms with van der Waals surface area (Å²) in [6, 6.07) is -0.425. The molecule has 0 spiro atoms. The molecule has 0 saturated carbocycles. The van der Waals surface area contributed by atoms with Gasteiger partial charge in [0.25, 0.3) is 0 Å². The number of nitrogens with zero attached hydrogens (tertiary/aromatic N) is 3. The number of esters is 1. The SMILES string of the molecule is CN1C(=O)N(C2COC(COC(=O)CC3CCCN3C(=O)CCCCN)O2)C=CC1N. The number of amides is 3. The molecule has 11 nitrogen and oxygen atoms in total. The van der Waals surface area contributed by atoms with E-state index >= 15 is 0 Å². The molecule has 4 N–H and O–H groups in total. The molecule has 0 aromatic rings. The molecule has 3 rings (SSSR count). The molecule has 3 aliphatic rings. The fourth-order valence-electron chi connectivity index (χ4n) is 3.93. The Kier molecular flexibility index (Phi) is 8.24. The minimum absolute atomic E-state index is 0.0676. The minimum Gasteiger partial charge on any atom is -0.460 e. The molecule has 2 saturated heterocycles. The number of likely N-dealkylation sites (tertiary alicyclic amines) is 1. The number of hydrogen-bond acceptors (Lipinski definition) is 8. The lowest BCUT2D eigenvalue weighted by Gasteiger charge is -2.35. The number of likely N-dealkylation sites (N-methyl/N-ethyl adjacent to an activating group) is 1. The summed E-state index contributed by atoms with van der Waals surface area (Å²) in [6.07, 6.45) is 5.26. The first-order chi connectivity index (χ1) is 14.9. The molecular formula is C20H33N5O6. The monoisotopic (exact) mass is 439 g/mol. The molecule has 3 amide bonds. The van der Waals surface area contributed by atoms with Gasteiger partial charge in [-0.05, 0) is 38.3 Å². The second kappa shape index (κ2) is 10.9. The van der Waals surface area contributed by atoms with E-state index in [0.717, 1.165) is 25.7 Å². The van der Waals surface area contributed by atoms with Gasteiger partial charge < -0.3 is 35.5 Å². The first kappa shape index (κ1) is 23.5. The highest BCUT2D eigenvalue weighted by Gasteiger charge is 2.37. The Morgan fingerprint density at radius 2 is 2.13 bits per heavy atom. The van der Waals surface area contributed by atoms with Crippen LogP contribution >= 0.6 is 0 Å². The third-order valence-corrected chi connectivity index (χ3v) is 5.78. The van der Waals surface area contributed by atoms with Crippen molar-refractivity contribution in [1.82, 2.24) is 14.7 Å². The van der Waals surface area contributed by atoms with Gasteiger partial charge in [0.1, 0.15) is 12.8 Å². The van der Waals surface area contributed by atoms with Crippen LogP contribution in [0, 0.1) is 0 Å². The molecule has 0 bridgehead atoms. The third-order valence-electron chi connectivity index (χ3n) is 5.78. The van der Waals surface area contributed by atoms with Crippen LogP contribution in [-0.4, -0.2) is 90.7 Å². The van der Waals surface area contributed by atoms with E-state index in [9.17, 15) is 14.4 Å². The topological polar surface area (TPSA) is 141 Å². The normalized spacial score (nSPS) is 28.5. The molecule has 0 aromatic carbocycles. The van der Waals surface area contributed by atoms with Crippen LogP contribution in [0.3, 0.4) is 0 Å². The van der Waals surface area contributed by atoms with E-state index in [1.165, 1.54) is 9.80 Å². The van der Waals surface area contributed by atoms with Crippen molar-refractivity contribution in [2.75, 3.05) is 33.4 Å². The first-order valence-corrected chi connectivity index (χ1v) is 10.8. The smallest absolute Gasteiger partial charge is 0.327 e. The van der Waals surface area contributed by atoms with Gasteiger partial charge in [-0.1, -0.05) is 0 Å². The second-order valence-corrected chi connectivity index (χ2v) is 8.00. The summed E-state index contributed by atoms with van der Waals surface area (Å²) in [7, 11) is 1.61. The average Bonchev–Trinajstić information content (AvgIpc) is 3.40. The van der Waals surface area contributed by atoms with Crippen LogP contribution in [0.25, 0.3) is 0 Å². The molecule has 174 valence electrons. The maximum Gasteiger partial charge on any atom is 0.327 e. The summed E-state index contributed by atoms with van der Waals surface area (Å²) in [6.45, 7) is 1.33. The highest BCUT2D eigenvalue weighted by atomic mass is 16.7. The molecule has 2 fully saturated rings. The fourth-order valence-corrected chi connectivity index (χ4v) is 3.93. The van der Waals surface area contributed by atoms with E-state index < -0.39 is 24.7 Å². The zero-order valence-electron chi connectivity index (χ0n) is 18.0. The number of unbranched alkanes of at least 4 members (excludes halogenated alkanes) is 1. The minimum atomic E-state index is -0.756. The number of ether oxygens (including phenoxy) is 3. The van der Waals surface area contributed by atoms with Crippen molar-refractivity contribution < 1.29 is 28.6 Å². The largest absolute Gasteiger partial charge is 0.460 e. The molecule has 3 heterocycles. The molecule has 4 atom stereocenters. The van der Waals surface area contributed by atoms with Crippen molar-refractivity contribution >= 4 is 17.9 Å². The summed E-state index contributed by atoms with van der Waals surface area (Å²) in [5, 5.41) is 0. The summed E-state index contributed by atoms with van der Waals surface area (Å²) in [4.78, 5) is 41.6. The van der Waals surface area contributed by atoms with Crippen LogP contribution in [0.1, 0.15) is 38.5 Å². The lowest BCUT2D eigenvalue weighted by Crippen LogP contribution is -2.53. The Labute approximate surface area is 182 Å². The maximum atomic E-state index is 12.4. The van der Waals surface area contributed by atoms with Crippen molar-refractivity contribution in [3.8, 4) is 0 Å². The molecule has 31 heavy (non-hydrogen) atoms. The number of urea groups is 1. The van der Waals surface area contributed by atoms with E-state index in [1.807, 2.05) is 0 Å². The predicted octanol–water partition coefficient (Wildman–Crippen LogP) is -0.0954. The van der Waals surface area contributed by atoms with Crippen LogP contribution in [0.5, 0.6) is 0 Å². The summed E-state index contributed by atoms with van der Waals surface area (Å²) >= 11 is 0. The Balaban J connectivity index is 1.40. The Morgan fingerprint density at radius 3 is 2.90 bits per heavy atom. The van der Waals surface area contributed by atoms with Crippen LogP contribution in [0.15, 0.2) is 12.3 Å². The molecule has 0 aliphatic carbocycles. The van der Waals surface area contributed by atoms with Gasteiger partial charge in [-0.3, -0.25) is 14.5 Å². The van der Waals surface area contributed by atoms with Crippen molar-refractivity contribution in [1.29, 1.82) is 0 Å². The van der Waals surface area contributed by atoms with E-state index in [0.29, 0.717) is 19.5 Å². The van der Waals surface area contributed by atoms with Crippen molar-refractivity contribution in [3.05, 3.63) is 12.3 Å². The van der Waals surface area contributed by atoms with E-state index in [-0.39, 0.29) is 37.6 Å². The quantitative estimate of drug-likeness (QED) is 0.375. The van der Waals surface area contributed by atoms with E-state index in [4.69, 9.17) is 25.7 Å². The standard InChI is InChI=1S/C20H33N5O6/c1-23-15(22)7-10-25(20(23)28)17-12-30-19(31-17)13-29-18(27)11-14-5-4-9-24(14)16(26)6-2-3-8-21/h7,10,14-15,17,19H,2-6,8-9,11-13,21-22H2,1H3. The van der Waals surface area contributed by atoms with Gasteiger partial charge in [-0.15, -0.1) is 0 Å². The van der Waals surface area contributed by atoms with Crippen LogP contribution < -0.4 is 11.5 Å². The number of carbonyl (C=O) groups is 3. The highest BCUT2D eigenvalue weighted by molar-refractivity contribution is 5.78.